The van der Waals surface area contributed by atoms with E-state index in [9.17, 15) is 17.6 Å². The van der Waals surface area contributed by atoms with Gasteiger partial charge in [0.1, 0.15) is 17.1 Å². The molecular formula is C22H23F4N5O. The minimum atomic E-state index is -4.60. The summed E-state index contributed by atoms with van der Waals surface area (Å²) in [5, 5.41) is 12.1. The zero-order valence-corrected chi connectivity index (χ0v) is 17.6. The van der Waals surface area contributed by atoms with Crippen molar-refractivity contribution in [3.8, 4) is 5.75 Å². The van der Waals surface area contributed by atoms with Crippen molar-refractivity contribution in [2.45, 2.75) is 44.2 Å². The number of aromatic nitrogens is 4. The van der Waals surface area contributed by atoms with E-state index in [0.29, 0.717) is 55.4 Å². The summed E-state index contributed by atoms with van der Waals surface area (Å²) in [5.41, 5.74) is -0.594. The molecule has 0 amide bonds. The number of hydrogen-bond acceptors (Lipinski definition) is 5. The Hall–Kier alpha value is -2.91. The molecule has 0 unspecified atom stereocenters. The van der Waals surface area contributed by atoms with Gasteiger partial charge in [-0.3, -0.25) is 0 Å². The second-order valence-electron chi connectivity index (χ2n) is 8.52. The monoisotopic (exact) mass is 449 g/mol. The number of methoxy groups -OCH3 is 1. The molecule has 170 valence electrons. The van der Waals surface area contributed by atoms with Crippen LogP contribution in [0.15, 0.2) is 24.4 Å². The summed E-state index contributed by atoms with van der Waals surface area (Å²) in [7, 11) is 1.49. The molecule has 2 fully saturated rings. The van der Waals surface area contributed by atoms with Gasteiger partial charge < -0.3 is 9.64 Å². The van der Waals surface area contributed by atoms with E-state index in [0.717, 1.165) is 12.8 Å². The molecule has 3 heterocycles. The largest absolute Gasteiger partial charge is 0.496 e. The lowest BCUT2D eigenvalue weighted by Gasteiger charge is -2.35. The minimum Gasteiger partial charge on any atom is -0.496 e. The van der Waals surface area contributed by atoms with E-state index < -0.39 is 11.7 Å². The van der Waals surface area contributed by atoms with E-state index in [2.05, 4.69) is 15.3 Å². The lowest BCUT2D eigenvalue weighted by molar-refractivity contribution is -0.136. The second-order valence-corrected chi connectivity index (χ2v) is 8.52. The van der Waals surface area contributed by atoms with Crippen LogP contribution in [0.3, 0.4) is 0 Å². The molecule has 2 aliphatic rings. The van der Waals surface area contributed by atoms with Crippen molar-refractivity contribution >= 4 is 11.3 Å². The fraction of sp³-hybridized carbons (Fsp3) is 0.500. The Morgan fingerprint density at radius 1 is 1.09 bits per heavy atom. The van der Waals surface area contributed by atoms with Crippen molar-refractivity contribution in [2.24, 2.45) is 5.92 Å². The van der Waals surface area contributed by atoms with Gasteiger partial charge in [0.2, 0.25) is 0 Å². The van der Waals surface area contributed by atoms with E-state index in [1.807, 2.05) is 0 Å². The summed E-state index contributed by atoms with van der Waals surface area (Å²) in [6.45, 7) is 0.679. The van der Waals surface area contributed by atoms with Gasteiger partial charge in [0.05, 0.1) is 19.0 Å². The number of alkyl halides is 3. The number of hydrogen-bond donors (Lipinski definition) is 0. The first kappa shape index (κ1) is 21.0. The first-order valence-corrected chi connectivity index (χ1v) is 10.7. The average molecular weight is 449 g/mol. The molecule has 3 aromatic rings. The van der Waals surface area contributed by atoms with Gasteiger partial charge in [-0.2, -0.15) is 22.8 Å². The Labute approximate surface area is 182 Å². The van der Waals surface area contributed by atoms with Crippen molar-refractivity contribution in [2.75, 3.05) is 25.1 Å². The molecule has 1 aliphatic carbocycles. The molecule has 1 aliphatic heterocycles. The highest BCUT2D eigenvalue weighted by Crippen LogP contribution is 2.42. The fourth-order valence-corrected chi connectivity index (χ4v) is 4.60. The fourth-order valence-electron chi connectivity index (χ4n) is 4.60. The highest BCUT2D eigenvalue weighted by Gasteiger charge is 2.40. The molecule has 32 heavy (non-hydrogen) atoms. The van der Waals surface area contributed by atoms with Gasteiger partial charge in [-0.25, -0.2) is 4.39 Å². The SMILES string of the molecule is COc1cccc(F)c1C1CCN(c2cnn3c(CC4CC4)nnc3c2C(F)(F)F)CC1. The van der Waals surface area contributed by atoms with E-state index >= 15 is 0 Å². The predicted octanol–water partition coefficient (Wildman–Crippen LogP) is 4.63. The van der Waals surface area contributed by atoms with Gasteiger partial charge in [0, 0.05) is 25.1 Å². The molecule has 0 radical (unpaired) electrons. The van der Waals surface area contributed by atoms with Crippen LogP contribution < -0.4 is 9.64 Å². The summed E-state index contributed by atoms with van der Waals surface area (Å²) in [6, 6.07) is 4.67. The number of piperidine rings is 1. The molecule has 1 aromatic carbocycles. The van der Waals surface area contributed by atoms with Crippen molar-refractivity contribution in [3.63, 3.8) is 0 Å². The van der Waals surface area contributed by atoms with Crippen LogP contribution in [0.1, 0.15) is 48.6 Å². The van der Waals surface area contributed by atoms with E-state index in [-0.39, 0.29) is 23.1 Å². The van der Waals surface area contributed by atoms with Crippen molar-refractivity contribution in [3.05, 3.63) is 47.2 Å². The van der Waals surface area contributed by atoms with E-state index in [1.54, 1.807) is 17.0 Å². The minimum absolute atomic E-state index is 0.00526. The second kappa shape index (κ2) is 7.90. The average Bonchev–Trinajstić information content (AvgIpc) is 3.50. The number of anilines is 1. The van der Waals surface area contributed by atoms with Crippen LogP contribution in [0.25, 0.3) is 5.65 Å². The van der Waals surface area contributed by atoms with E-state index in [4.69, 9.17) is 4.74 Å². The Bertz CT molecular complexity index is 1130. The quantitative estimate of drug-likeness (QED) is 0.532. The molecule has 0 spiro atoms. The smallest absolute Gasteiger partial charge is 0.422 e. The molecular weight excluding hydrogens is 426 g/mol. The lowest BCUT2D eigenvalue weighted by atomic mass is 9.88. The van der Waals surface area contributed by atoms with Crippen LogP contribution in [0, 0.1) is 11.7 Å². The zero-order valence-electron chi connectivity index (χ0n) is 17.6. The molecule has 1 saturated carbocycles. The van der Waals surface area contributed by atoms with Crippen molar-refractivity contribution in [1.82, 2.24) is 19.8 Å². The lowest BCUT2D eigenvalue weighted by Crippen LogP contribution is -2.35. The summed E-state index contributed by atoms with van der Waals surface area (Å²) in [4.78, 5) is 1.66. The van der Waals surface area contributed by atoms with Crippen LogP contribution in [0.2, 0.25) is 0 Å². The van der Waals surface area contributed by atoms with Gasteiger partial charge in [0.15, 0.2) is 11.5 Å². The number of fused-ring (bicyclic) bond motifs is 1. The number of rotatable bonds is 5. The predicted molar refractivity (Wildman–Crippen MR) is 109 cm³/mol. The maximum absolute atomic E-state index is 14.5. The van der Waals surface area contributed by atoms with Crippen LogP contribution in [0.4, 0.5) is 23.2 Å². The topological polar surface area (TPSA) is 55.5 Å². The molecule has 0 atom stereocenters. The van der Waals surface area contributed by atoms with Crippen LogP contribution in [-0.4, -0.2) is 40.0 Å². The first-order valence-electron chi connectivity index (χ1n) is 10.7. The summed E-state index contributed by atoms with van der Waals surface area (Å²) >= 11 is 0. The molecule has 0 bridgehead atoms. The van der Waals surface area contributed by atoms with Crippen LogP contribution in [0.5, 0.6) is 5.75 Å². The third kappa shape index (κ3) is 3.75. The summed E-state index contributed by atoms with van der Waals surface area (Å²) in [5.74, 6) is 0.895. The highest BCUT2D eigenvalue weighted by atomic mass is 19.4. The maximum Gasteiger partial charge on any atom is 0.422 e. The third-order valence-electron chi connectivity index (χ3n) is 6.41. The molecule has 10 heteroatoms. The summed E-state index contributed by atoms with van der Waals surface area (Å²) in [6.07, 6.45) is 0.357. The number of ether oxygens (including phenoxy) is 1. The van der Waals surface area contributed by atoms with Crippen molar-refractivity contribution in [1.29, 1.82) is 0 Å². The third-order valence-corrected chi connectivity index (χ3v) is 6.41. The summed E-state index contributed by atoms with van der Waals surface area (Å²) < 4.78 is 63.3. The molecule has 1 saturated heterocycles. The molecule has 0 N–H and O–H groups in total. The number of halogens is 4. The normalized spacial score (nSPS) is 17.8. The molecule has 6 nitrogen and oxygen atoms in total. The number of nitrogens with zero attached hydrogens (tertiary/aromatic N) is 5. The van der Waals surface area contributed by atoms with Gasteiger partial charge in [0.25, 0.3) is 0 Å². The van der Waals surface area contributed by atoms with Gasteiger partial charge in [-0.1, -0.05) is 6.07 Å². The number of benzene rings is 1. The molecule has 2 aromatic heterocycles. The molecule has 5 rings (SSSR count). The Morgan fingerprint density at radius 2 is 1.84 bits per heavy atom. The van der Waals surface area contributed by atoms with Gasteiger partial charge in [-0.05, 0) is 49.7 Å². The first-order chi connectivity index (χ1) is 15.4. The maximum atomic E-state index is 14.5. The van der Waals surface area contributed by atoms with Crippen LogP contribution in [-0.2, 0) is 12.6 Å². The van der Waals surface area contributed by atoms with Crippen LogP contribution >= 0.6 is 0 Å². The Morgan fingerprint density at radius 3 is 2.50 bits per heavy atom. The zero-order chi connectivity index (χ0) is 22.5. The highest BCUT2D eigenvalue weighted by molar-refractivity contribution is 5.65. The standard InChI is InChI=1S/C22H23F4N5O/c1-32-17-4-2-3-15(23)19(17)14-7-9-30(10-8-14)16-12-27-31-18(11-13-5-6-13)28-29-21(31)20(16)22(24,25)26/h2-4,12-14H,5-11H2,1H3. The van der Waals surface area contributed by atoms with Gasteiger partial charge >= 0.3 is 6.18 Å². The Balaban J connectivity index is 1.44. The Kier molecular flexibility index (Phi) is 5.17. The van der Waals surface area contributed by atoms with E-state index in [1.165, 1.54) is 23.9 Å². The van der Waals surface area contributed by atoms with Crippen molar-refractivity contribution < 1.29 is 22.3 Å². The van der Waals surface area contributed by atoms with Gasteiger partial charge in [-0.15, -0.1) is 10.2 Å².